The van der Waals surface area contributed by atoms with E-state index < -0.39 is 0 Å². The smallest absolute Gasteiger partial charge is 0.220 e. The Morgan fingerprint density at radius 3 is 3.00 bits per heavy atom. The molecule has 104 valence electrons. The predicted octanol–water partition coefficient (Wildman–Crippen LogP) is 2.28. The van der Waals surface area contributed by atoms with Gasteiger partial charge < -0.3 is 9.88 Å². The third kappa shape index (κ3) is 3.17. The summed E-state index contributed by atoms with van der Waals surface area (Å²) in [7, 11) is 0. The summed E-state index contributed by atoms with van der Waals surface area (Å²) in [6.45, 7) is 0.976. The summed E-state index contributed by atoms with van der Waals surface area (Å²) < 4.78 is 2.18. The molecule has 1 atom stereocenters. The monoisotopic (exact) mass is 261 g/mol. The number of carbonyl (C=O) groups is 1. The van der Waals surface area contributed by atoms with Crippen LogP contribution in [0.25, 0.3) is 0 Å². The van der Waals surface area contributed by atoms with E-state index in [1.54, 1.807) is 0 Å². The summed E-state index contributed by atoms with van der Waals surface area (Å²) in [6.07, 6.45) is 12.9. The summed E-state index contributed by atoms with van der Waals surface area (Å²) in [5.74, 6) is 1.98. The fourth-order valence-corrected chi connectivity index (χ4v) is 3.41. The number of aromatic nitrogens is 2. The molecule has 0 spiro atoms. The number of fused-ring (bicyclic) bond motifs is 1. The van der Waals surface area contributed by atoms with Gasteiger partial charge in [-0.2, -0.15) is 0 Å². The lowest BCUT2D eigenvalue weighted by atomic mass is 9.86. The molecule has 0 radical (unpaired) electrons. The highest BCUT2D eigenvalue weighted by Crippen LogP contribution is 2.26. The van der Waals surface area contributed by atoms with Crippen LogP contribution in [0.3, 0.4) is 0 Å². The maximum absolute atomic E-state index is 12.1. The summed E-state index contributed by atoms with van der Waals surface area (Å²) in [5, 5.41) is 3.20. The Labute approximate surface area is 114 Å². The van der Waals surface area contributed by atoms with Gasteiger partial charge in [-0.25, -0.2) is 4.98 Å². The molecular formula is C15H23N3O. The molecule has 1 saturated carbocycles. The fraction of sp³-hybridized carbons (Fsp3) is 0.733. The van der Waals surface area contributed by atoms with Gasteiger partial charge in [-0.3, -0.25) is 4.79 Å². The summed E-state index contributed by atoms with van der Waals surface area (Å²) >= 11 is 0. The van der Waals surface area contributed by atoms with Crippen molar-refractivity contribution in [1.82, 2.24) is 14.9 Å². The van der Waals surface area contributed by atoms with Crippen LogP contribution in [0.5, 0.6) is 0 Å². The average Bonchev–Trinajstić information content (AvgIpc) is 2.87. The Kier molecular flexibility index (Phi) is 3.85. The van der Waals surface area contributed by atoms with Gasteiger partial charge in [0.2, 0.25) is 5.91 Å². The Bertz CT molecular complexity index is 434. The van der Waals surface area contributed by atoms with E-state index in [0.29, 0.717) is 5.92 Å². The maximum atomic E-state index is 12.1. The van der Waals surface area contributed by atoms with Crippen molar-refractivity contribution in [3.8, 4) is 0 Å². The lowest BCUT2D eigenvalue weighted by Gasteiger charge is -2.26. The zero-order valence-corrected chi connectivity index (χ0v) is 11.5. The van der Waals surface area contributed by atoms with Crippen molar-refractivity contribution in [3.63, 3.8) is 0 Å². The molecule has 3 rings (SSSR count). The number of carbonyl (C=O) groups excluding carboxylic acids is 1. The van der Waals surface area contributed by atoms with Crippen LogP contribution in [-0.2, 0) is 17.8 Å². The fourth-order valence-electron chi connectivity index (χ4n) is 3.41. The molecule has 4 nitrogen and oxygen atoms in total. The van der Waals surface area contributed by atoms with E-state index >= 15 is 0 Å². The Balaban J connectivity index is 1.47. The molecule has 0 aromatic carbocycles. The van der Waals surface area contributed by atoms with Crippen LogP contribution >= 0.6 is 0 Å². The second-order valence-corrected chi connectivity index (χ2v) is 6.00. The van der Waals surface area contributed by atoms with Gasteiger partial charge >= 0.3 is 0 Å². The van der Waals surface area contributed by atoms with Crippen molar-refractivity contribution >= 4 is 5.91 Å². The molecule has 1 fully saturated rings. The number of imidazole rings is 1. The molecule has 1 aliphatic heterocycles. The van der Waals surface area contributed by atoms with Gasteiger partial charge in [0.25, 0.3) is 0 Å². The molecule has 0 bridgehead atoms. The highest BCUT2D eigenvalue weighted by molar-refractivity contribution is 5.76. The average molecular weight is 261 g/mol. The summed E-state index contributed by atoms with van der Waals surface area (Å²) in [5.41, 5.74) is 0. The van der Waals surface area contributed by atoms with E-state index in [2.05, 4.69) is 14.9 Å². The Morgan fingerprint density at radius 2 is 2.16 bits per heavy atom. The molecule has 1 amide bonds. The standard InChI is InChI=1S/C15H23N3O/c19-15(10-12-4-2-1-3-5-12)17-13-6-8-18-9-7-16-14(18)11-13/h7,9,12-13H,1-6,8,10-11H2,(H,17,19). The first-order valence-electron chi connectivity index (χ1n) is 7.60. The molecule has 4 heteroatoms. The highest BCUT2D eigenvalue weighted by Gasteiger charge is 2.22. The zero-order valence-electron chi connectivity index (χ0n) is 11.5. The first kappa shape index (κ1) is 12.7. The SMILES string of the molecule is O=C(CC1CCCCC1)NC1CCn2ccnc2C1. The van der Waals surface area contributed by atoms with Gasteiger partial charge in [-0.1, -0.05) is 19.3 Å². The van der Waals surface area contributed by atoms with Crippen molar-refractivity contribution in [3.05, 3.63) is 18.2 Å². The predicted molar refractivity (Wildman–Crippen MR) is 73.7 cm³/mol. The molecule has 2 heterocycles. The van der Waals surface area contributed by atoms with E-state index in [9.17, 15) is 4.79 Å². The molecule has 1 aliphatic carbocycles. The number of amides is 1. The van der Waals surface area contributed by atoms with Crippen LogP contribution in [0.4, 0.5) is 0 Å². The van der Waals surface area contributed by atoms with Crippen molar-refractivity contribution < 1.29 is 4.79 Å². The summed E-state index contributed by atoms with van der Waals surface area (Å²) in [4.78, 5) is 16.4. The minimum absolute atomic E-state index is 0.247. The van der Waals surface area contributed by atoms with Crippen molar-refractivity contribution in [2.75, 3.05) is 0 Å². The molecule has 1 unspecified atom stereocenters. The van der Waals surface area contributed by atoms with Gasteiger partial charge in [0.05, 0.1) is 0 Å². The summed E-state index contributed by atoms with van der Waals surface area (Å²) in [6, 6.07) is 0.283. The van der Waals surface area contributed by atoms with Crippen LogP contribution in [0.15, 0.2) is 12.4 Å². The van der Waals surface area contributed by atoms with E-state index in [0.717, 1.165) is 31.6 Å². The van der Waals surface area contributed by atoms with E-state index in [1.165, 1.54) is 32.1 Å². The van der Waals surface area contributed by atoms with Gasteiger partial charge in [-0.05, 0) is 25.2 Å². The molecule has 19 heavy (non-hydrogen) atoms. The lowest BCUT2D eigenvalue weighted by Crippen LogP contribution is -2.40. The second kappa shape index (κ2) is 5.76. The minimum Gasteiger partial charge on any atom is -0.353 e. The van der Waals surface area contributed by atoms with E-state index in [1.807, 2.05) is 12.4 Å². The van der Waals surface area contributed by atoms with Gasteiger partial charge in [0.15, 0.2) is 0 Å². The maximum Gasteiger partial charge on any atom is 0.220 e. The topological polar surface area (TPSA) is 46.9 Å². The normalized spacial score (nSPS) is 23.9. The van der Waals surface area contributed by atoms with Crippen LogP contribution in [-0.4, -0.2) is 21.5 Å². The first-order valence-corrected chi connectivity index (χ1v) is 7.60. The zero-order chi connectivity index (χ0) is 13.1. The number of aryl methyl sites for hydroxylation is 1. The molecule has 1 aromatic rings. The van der Waals surface area contributed by atoms with Crippen molar-refractivity contribution in [2.45, 2.75) is 64.0 Å². The van der Waals surface area contributed by atoms with Crippen molar-refractivity contribution in [2.24, 2.45) is 5.92 Å². The Hall–Kier alpha value is -1.32. The van der Waals surface area contributed by atoms with Crippen LogP contribution in [0, 0.1) is 5.92 Å². The molecule has 1 N–H and O–H groups in total. The van der Waals surface area contributed by atoms with Crippen LogP contribution in [0.1, 0.15) is 50.8 Å². The number of hydrogen-bond donors (Lipinski definition) is 1. The highest BCUT2D eigenvalue weighted by atomic mass is 16.1. The van der Waals surface area contributed by atoms with Gasteiger partial charge in [-0.15, -0.1) is 0 Å². The quantitative estimate of drug-likeness (QED) is 0.907. The van der Waals surface area contributed by atoms with Crippen molar-refractivity contribution in [1.29, 1.82) is 0 Å². The number of nitrogens with zero attached hydrogens (tertiary/aromatic N) is 2. The van der Waals surface area contributed by atoms with E-state index in [-0.39, 0.29) is 11.9 Å². The molecular weight excluding hydrogens is 238 g/mol. The van der Waals surface area contributed by atoms with Gasteiger partial charge in [0.1, 0.15) is 5.82 Å². The number of hydrogen-bond acceptors (Lipinski definition) is 2. The largest absolute Gasteiger partial charge is 0.353 e. The number of rotatable bonds is 3. The van der Waals surface area contributed by atoms with E-state index in [4.69, 9.17) is 0 Å². The third-order valence-electron chi connectivity index (χ3n) is 4.51. The van der Waals surface area contributed by atoms with Crippen LogP contribution < -0.4 is 5.32 Å². The van der Waals surface area contributed by atoms with Gasteiger partial charge in [0, 0.05) is 37.8 Å². The lowest BCUT2D eigenvalue weighted by molar-refractivity contribution is -0.123. The van der Waals surface area contributed by atoms with Crippen LogP contribution in [0.2, 0.25) is 0 Å². The molecule has 2 aliphatic rings. The molecule has 1 aromatic heterocycles. The molecule has 0 saturated heterocycles. The second-order valence-electron chi connectivity index (χ2n) is 6.00. The minimum atomic E-state index is 0.247. The third-order valence-corrected chi connectivity index (χ3v) is 4.51. The first-order chi connectivity index (χ1) is 9.31. The number of nitrogens with one attached hydrogen (secondary N) is 1. The Morgan fingerprint density at radius 1 is 1.32 bits per heavy atom.